The maximum atomic E-state index is 10.5. The average Bonchev–Trinajstić information content (AvgIpc) is 2.08. The zero-order valence-corrected chi connectivity index (χ0v) is 9.02. The van der Waals surface area contributed by atoms with Crippen molar-refractivity contribution >= 4 is 18.0 Å². The maximum absolute atomic E-state index is 10.5. The molecule has 0 bridgehead atoms. The number of carbonyl (C=O) groups excluding carboxylic acids is 1. The number of benzene rings is 1. The molecule has 0 aliphatic rings. The van der Waals surface area contributed by atoms with Gasteiger partial charge in [0, 0.05) is 15.7 Å². The molecule has 0 aliphatic carbocycles. The van der Waals surface area contributed by atoms with Crippen molar-refractivity contribution in [3.8, 4) is 0 Å². The van der Waals surface area contributed by atoms with Crippen LogP contribution in [0.3, 0.4) is 0 Å². The Morgan fingerprint density at radius 3 is 2.62 bits per heavy atom. The summed E-state index contributed by atoms with van der Waals surface area (Å²) in [6.45, 7) is 6.37. The van der Waals surface area contributed by atoms with Crippen LogP contribution in [-0.2, 0) is 0 Å². The van der Waals surface area contributed by atoms with Gasteiger partial charge in [0.1, 0.15) is 6.29 Å². The Balaban J connectivity index is 2.96. The predicted octanol–water partition coefficient (Wildman–Crippen LogP) is 3.31. The van der Waals surface area contributed by atoms with Gasteiger partial charge in [-0.2, -0.15) is 0 Å². The van der Waals surface area contributed by atoms with E-state index in [9.17, 15) is 4.79 Å². The lowest BCUT2D eigenvalue weighted by atomic mass is 10.2. The van der Waals surface area contributed by atoms with Crippen LogP contribution in [0.5, 0.6) is 0 Å². The zero-order chi connectivity index (χ0) is 9.84. The molecule has 2 heteroatoms. The number of hydrogen-bond acceptors (Lipinski definition) is 2. The molecule has 0 spiro atoms. The second-order valence-corrected chi connectivity index (χ2v) is 4.93. The number of aryl methyl sites for hydroxylation is 1. The fourth-order valence-electron chi connectivity index (χ4n) is 1.07. The summed E-state index contributed by atoms with van der Waals surface area (Å²) in [7, 11) is 0. The van der Waals surface area contributed by atoms with Crippen LogP contribution >= 0.6 is 11.8 Å². The molecule has 0 unspecified atom stereocenters. The topological polar surface area (TPSA) is 17.1 Å². The zero-order valence-electron chi connectivity index (χ0n) is 8.20. The smallest absolute Gasteiger partial charge is 0.150 e. The first-order valence-electron chi connectivity index (χ1n) is 4.36. The third-order valence-electron chi connectivity index (χ3n) is 1.71. The monoisotopic (exact) mass is 194 g/mol. The molecule has 0 saturated carbocycles. The molecule has 0 radical (unpaired) electrons. The number of hydrogen-bond donors (Lipinski definition) is 0. The van der Waals surface area contributed by atoms with Crippen LogP contribution in [0, 0.1) is 6.92 Å². The maximum Gasteiger partial charge on any atom is 0.150 e. The standard InChI is InChI=1S/C11H14OS/c1-8(2)13-11-6-10(7-12)5-4-9(11)3/h4-8H,1-3H3. The molecule has 0 heterocycles. The summed E-state index contributed by atoms with van der Waals surface area (Å²) in [5.74, 6) is 0. The Bertz CT molecular complexity index is 305. The SMILES string of the molecule is Cc1ccc(C=O)cc1SC(C)C. The van der Waals surface area contributed by atoms with Crippen LogP contribution in [0.15, 0.2) is 23.1 Å². The van der Waals surface area contributed by atoms with Crippen LogP contribution in [0.2, 0.25) is 0 Å². The Morgan fingerprint density at radius 1 is 1.38 bits per heavy atom. The Morgan fingerprint density at radius 2 is 2.08 bits per heavy atom. The van der Waals surface area contributed by atoms with Gasteiger partial charge in [-0.1, -0.05) is 26.0 Å². The van der Waals surface area contributed by atoms with Crippen molar-refractivity contribution < 1.29 is 4.79 Å². The van der Waals surface area contributed by atoms with Crippen molar-refractivity contribution in [1.29, 1.82) is 0 Å². The highest BCUT2D eigenvalue weighted by Crippen LogP contribution is 2.26. The van der Waals surface area contributed by atoms with Gasteiger partial charge in [-0.25, -0.2) is 0 Å². The summed E-state index contributed by atoms with van der Waals surface area (Å²) in [5, 5.41) is 0.556. The third kappa shape index (κ3) is 2.88. The van der Waals surface area contributed by atoms with Gasteiger partial charge >= 0.3 is 0 Å². The lowest BCUT2D eigenvalue weighted by Gasteiger charge is -2.08. The van der Waals surface area contributed by atoms with Gasteiger partial charge in [0.05, 0.1) is 0 Å². The highest BCUT2D eigenvalue weighted by molar-refractivity contribution is 8.00. The number of rotatable bonds is 3. The molecule has 0 aromatic heterocycles. The molecule has 0 amide bonds. The van der Waals surface area contributed by atoms with E-state index in [2.05, 4.69) is 20.8 Å². The average molecular weight is 194 g/mol. The first-order valence-corrected chi connectivity index (χ1v) is 5.24. The first-order chi connectivity index (χ1) is 6.13. The lowest BCUT2D eigenvalue weighted by Crippen LogP contribution is -1.90. The summed E-state index contributed by atoms with van der Waals surface area (Å²) in [6, 6.07) is 5.80. The molecule has 1 aromatic rings. The molecule has 1 nitrogen and oxygen atoms in total. The molecule has 70 valence electrons. The van der Waals surface area contributed by atoms with E-state index in [0.717, 1.165) is 11.8 Å². The minimum atomic E-state index is 0.556. The van der Waals surface area contributed by atoms with Crippen LogP contribution < -0.4 is 0 Å². The molecule has 0 N–H and O–H groups in total. The van der Waals surface area contributed by atoms with Gasteiger partial charge in [-0.05, 0) is 18.6 Å². The first kappa shape index (κ1) is 10.3. The molecule has 0 saturated heterocycles. The largest absolute Gasteiger partial charge is 0.298 e. The van der Waals surface area contributed by atoms with E-state index < -0.39 is 0 Å². The number of thioether (sulfide) groups is 1. The minimum Gasteiger partial charge on any atom is -0.298 e. The summed E-state index contributed by atoms with van der Waals surface area (Å²) in [6.07, 6.45) is 0.893. The van der Waals surface area contributed by atoms with Crippen molar-refractivity contribution in [1.82, 2.24) is 0 Å². The fraction of sp³-hybridized carbons (Fsp3) is 0.364. The highest BCUT2D eigenvalue weighted by atomic mass is 32.2. The summed E-state index contributed by atoms with van der Waals surface area (Å²) >= 11 is 1.80. The Labute approximate surface area is 83.5 Å². The van der Waals surface area contributed by atoms with E-state index in [0.29, 0.717) is 5.25 Å². The molecular formula is C11H14OS. The molecule has 0 atom stereocenters. The predicted molar refractivity (Wildman–Crippen MR) is 57.6 cm³/mol. The van der Waals surface area contributed by atoms with E-state index in [1.807, 2.05) is 18.2 Å². The molecule has 0 fully saturated rings. The van der Waals surface area contributed by atoms with Gasteiger partial charge in [-0.3, -0.25) is 4.79 Å². The van der Waals surface area contributed by atoms with E-state index in [1.54, 1.807) is 11.8 Å². The van der Waals surface area contributed by atoms with Crippen molar-refractivity contribution in [2.24, 2.45) is 0 Å². The summed E-state index contributed by atoms with van der Waals surface area (Å²) in [4.78, 5) is 11.8. The summed E-state index contributed by atoms with van der Waals surface area (Å²) in [5.41, 5.74) is 2.00. The van der Waals surface area contributed by atoms with Gasteiger partial charge in [0.25, 0.3) is 0 Å². The molecule has 13 heavy (non-hydrogen) atoms. The molecule has 1 aromatic carbocycles. The quantitative estimate of drug-likeness (QED) is 0.542. The van der Waals surface area contributed by atoms with Crippen LogP contribution in [0.4, 0.5) is 0 Å². The normalized spacial score (nSPS) is 10.5. The second kappa shape index (κ2) is 4.47. The van der Waals surface area contributed by atoms with Gasteiger partial charge in [0.2, 0.25) is 0 Å². The van der Waals surface area contributed by atoms with Crippen LogP contribution in [0.25, 0.3) is 0 Å². The van der Waals surface area contributed by atoms with Gasteiger partial charge in [0.15, 0.2) is 0 Å². The van der Waals surface area contributed by atoms with Crippen molar-refractivity contribution in [3.63, 3.8) is 0 Å². The molecular weight excluding hydrogens is 180 g/mol. The van der Waals surface area contributed by atoms with E-state index in [4.69, 9.17) is 0 Å². The third-order valence-corrected chi connectivity index (χ3v) is 2.88. The fourth-order valence-corrected chi connectivity index (χ4v) is 2.04. The van der Waals surface area contributed by atoms with Crippen molar-refractivity contribution in [2.45, 2.75) is 30.9 Å². The second-order valence-electron chi connectivity index (χ2n) is 3.31. The van der Waals surface area contributed by atoms with E-state index >= 15 is 0 Å². The number of carbonyl (C=O) groups is 1. The van der Waals surface area contributed by atoms with Crippen molar-refractivity contribution in [2.75, 3.05) is 0 Å². The lowest BCUT2D eigenvalue weighted by molar-refractivity contribution is 0.112. The van der Waals surface area contributed by atoms with Gasteiger partial charge < -0.3 is 0 Å². The Kier molecular flexibility index (Phi) is 3.55. The van der Waals surface area contributed by atoms with Gasteiger partial charge in [-0.15, -0.1) is 11.8 Å². The van der Waals surface area contributed by atoms with E-state index in [1.165, 1.54) is 10.5 Å². The Hall–Kier alpha value is -0.760. The molecule has 0 aliphatic heterocycles. The number of aldehydes is 1. The minimum absolute atomic E-state index is 0.556. The molecule has 1 rings (SSSR count). The summed E-state index contributed by atoms with van der Waals surface area (Å²) < 4.78 is 0. The van der Waals surface area contributed by atoms with Crippen LogP contribution in [0.1, 0.15) is 29.8 Å². The van der Waals surface area contributed by atoms with Crippen LogP contribution in [-0.4, -0.2) is 11.5 Å². The highest BCUT2D eigenvalue weighted by Gasteiger charge is 2.02. The van der Waals surface area contributed by atoms with E-state index in [-0.39, 0.29) is 0 Å². The van der Waals surface area contributed by atoms with Crippen molar-refractivity contribution in [3.05, 3.63) is 29.3 Å².